The van der Waals surface area contributed by atoms with E-state index in [1.807, 2.05) is 42.5 Å². The van der Waals surface area contributed by atoms with Gasteiger partial charge in [0.1, 0.15) is 11.5 Å². The minimum absolute atomic E-state index is 0.113. The summed E-state index contributed by atoms with van der Waals surface area (Å²) in [6.07, 6.45) is 6.10. The molecule has 0 heterocycles. The molecular formula is C30H44ClN2O2+. The lowest BCUT2D eigenvalue weighted by Gasteiger charge is -2.19. The number of rotatable bonds is 11. The van der Waals surface area contributed by atoms with Gasteiger partial charge in [-0.2, -0.15) is 0 Å². The third-order valence-electron chi connectivity index (χ3n) is 5.72. The fourth-order valence-corrected chi connectivity index (χ4v) is 3.76. The molecule has 0 radical (unpaired) electrons. The summed E-state index contributed by atoms with van der Waals surface area (Å²) in [7, 11) is 5.61. The van der Waals surface area contributed by atoms with Crippen LogP contribution in [-0.2, 0) is 12.8 Å². The maximum absolute atomic E-state index is 6.28. The normalized spacial score (nSPS) is 11.7. The number of alkyl halides is 1. The van der Waals surface area contributed by atoms with Gasteiger partial charge < -0.3 is 20.1 Å². The molecule has 0 amide bonds. The van der Waals surface area contributed by atoms with Gasteiger partial charge in [-0.1, -0.05) is 67.9 Å². The number of quaternary nitrogens is 1. The zero-order valence-corrected chi connectivity index (χ0v) is 22.9. The lowest BCUT2D eigenvalue weighted by molar-refractivity contribution is -0.881. The summed E-state index contributed by atoms with van der Waals surface area (Å²) in [6, 6.07) is 27.0. The number of hydrogen-bond acceptors (Lipinski definition) is 3. The first kappa shape index (κ1) is 30.5. The average molecular weight is 500 g/mol. The van der Waals surface area contributed by atoms with Gasteiger partial charge in [0, 0.05) is 12.8 Å². The van der Waals surface area contributed by atoms with Gasteiger partial charge in [-0.25, -0.2) is 0 Å². The van der Waals surface area contributed by atoms with Crippen LogP contribution in [0.5, 0.6) is 11.5 Å². The van der Waals surface area contributed by atoms with Crippen LogP contribution >= 0.6 is 11.6 Å². The number of methoxy groups -OCH3 is 2. The summed E-state index contributed by atoms with van der Waals surface area (Å²) in [6.45, 7) is 4.28. The standard InChI is InChI=1S/C19H26N2O.C10H14O.CH3Cl/c1-21(15-19(20)17-8-4-3-5-9-17)14-6-7-16-10-12-18(22-2)13-11-16;1-3-4-9-5-7-10(11-2)8-6-9;1-2/h3-5,8-13,19H,6-7,14-15,20H2,1-2H3;5-8H,3-4H2,1-2H3;1H3/p+1. The highest BCUT2D eigenvalue weighted by atomic mass is 35.5. The first-order chi connectivity index (χ1) is 17.0. The Morgan fingerprint density at radius 3 is 1.71 bits per heavy atom. The number of nitrogens with two attached hydrogens (primary N) is 1. The quantitative estimate of drug-likeness (QED) is 0.350. The molecule has 0 aliphatic rings. The molecule has 2 unspecified atom stereocenters. The number of nitrogens with one attached hydrogen (secondary N) is 1. The van der Waals surface area contributed by atoms with E-state index in [9.17, 15) is 0 Å². The van der Waals surface area contributed by atoms with Gasteiger partial charge in [0.05, 0.1) is 40.4 Å². The highest BCUT2D eigenvalue weighted by molar-refractivity contribution is 6.15. The van der Waals surface area contributed by atoms with Crippen LogP contribution in [-0.4, -0.2) is 40.7 Å². The van der Waals surface area contributed by atoms with Gasteiger partial charge in [-0.05, 0) is 53.8 Å². The van der Waals surface area contributed by atoms with Crippen molar-refractivity contribution in [1.82, 2.24) is 0 Å². The number of hydrogen-bond donors (Lipinski definition) is 2. The van der Waals surface area contributed by atoms with Gasteiger partial charge in [0.15, 0.2) is 0 Å². The first-order valence-electron chi connectivity index (χ1n) is 12.3. The van der Waals surface area contributed by atoms with Gasteiger partial charge in [-0.15, -0.1) is 11.6 Å². The Kier molecular flexibility index (Phi) is 16.3. The Balaban J connectivity index is 0.000000395. The third-order valence-corrected chi connectivity index (χ3v) is 5.72. The summed E-state index contributed by atoms with van der Waals surface area (Å²) in [5.74, 6) is 1.85. The molecule has 4 nitrogen and oxygen atoms in total. The maximum Gasteiger partial charge on any atom is 0.118 e. The van der Waals surface area contributed by atoms with E-state index < -0.39 is 0 Å². The Bertz CT molecular complexity index is 886. The second kappa shape index (κ2) is 18.8. The molecule has 3 aromatic carbocycles. The van der Waals surface area contributed by atoms with Crippen molar-refractivity contribution in [2.24, 2.45) is 5.73 Å². The van der Waals surface area contributed by atoms with E-state index in [2.05, 4.69) is 62.0 Å². The first-order valence-corrected chi connectivity index (χ1v) is 13.1. The number of benzene rings is 3. The van der Waals surface area contributed by atoms with Crippen LogP contribution in [0.25, 0.3) is 0 Å². The summed E-state index contributed by atoms with van der Waals surface area (Å²) in [4.78, 5) is 1.48. The minimum atomic E-state index is 0.113. The fourth-order valence-electron chi connectivity index (χ4n) is 3.76. The number of halogens is 1. The molecule has 5 heteroatoms. The molecule has 35 heavy (non-hydrogen) atoms. The van der Waals surface area contributed by atoms with E-state index in [0.717, 1.165) is 37.4 Å². The summed E-state index contributed by atoms with van der Waals surface area (Å²) >= 11 is 4.64. The predicted molar refractivity (Wildman–Crippen MR) is 150 cm³/mol. The van der Waals surface area contributed by atoms with Crippen LogP contribution < -0.4 is 20.1 Å². The predicted octanol–water partition coefficient (Wildman–Crippen LogP) is 5.35. The van der Waals surface area contributed by atoms with Crippen molar-refractivity contribution >= 4 is 11.6 Å². The van der Waals surface area contributed by atoms with Crippen LogP contribution in [0.15, 0.2) is 78.9 Å². The highest BCUT2D eigenvalue weighted by Crippen LogP contribution is 2.13. The van der Waals surface area contributed by atoms with Gasteiger partial charge in [-0.3, -0.25) is 0 Å². The number of likely N-dealkylation sites (N-methyl/N-ethyl adjacent to an activating group) is 1. The molecule has 3 aromatic rings. The molecule has 0 bridgehead atoms. The minimum Gasteiger partial charge on any atom is -0.497 e. The van der Waals surface area contributed by atoms with Gasteiger partial charge in [0.2, 0.25) is 0 Å². The molecule has 3 N–H and O–H groups in total. The largest absolute Gasteiger partial charge is 0.497 e. The zero-order valence-electron chi connectivity index (χ0n) is 22.1. The van der Waals surface area contributed by atoms with E-state index >= 15 is 0 Å². The Morgan fingerprint density at radius 2 is 1.26 bits per heavy atom. The van der Waals surface area contributed by atoms with Crippen LogP contribution in [0.4, 0.5) is 0 Å². The summed E-state index contributed by atoms with van der Waals surface area (Å²) in [5, 5.41) is 0. The summed E-state index contributed by atoms with van der Waals surface area (Å²) < 4.78 is 10.2. The lowest BCUT2D eigenvalue weighted by Crippen LogP contribution is -3.09. The monoisotopic (exact) mass is 499 g/mol. The molecule has 0 aromatic heterocycles. The number of aryl methyl sites for hydroxylation is 2. The molecular weight excluding hydrogens is 456 g/mol. The Hall–Kier alpha value is -2.53. The Morgan fingerprint density at radius 1 is 0.771 bits per heavy atom. The van der Waals surface area contributed by atoms with E-state index in [4.69, 9.17) is 15.2 Å². The van der Waals surface area contributed by atoms with Crippen molar-refractivity contribution < 1.29 is 14.4 Å². The molecule has 0 fully saturated rings. The van der Waals surface area contributed by atoms with Gasteiger partial charge in [0.25, 0.3) is 0 Å². The van der Waals surface area contributed by atoms with Crippen molar-refractivity contribution in [2.45, 2.75) is 38.6 Å². The van der Waals surface area contributed by atoms with Crippen molar-refractivity contribution in [1.29, 1.82) is 0 Å². The van der Waals surface area contributed by atoms with E-state index in [1.54, 1.807) is 14.2 Å². The van der Waals surface area contributed by atoms with E-state index in [0.29, 0.717) is 0 Å². The molecule has 3 rings (SSSR count). The van der Waals surface area contributed by atoms with Crippen LogP contribution in [0.3, 0.4) is 0 Å². The average Bonchev–Trinajstić information content (AvgIpc) is 2.91. The molecule has 0 saturated heterocycles. The molecule has 0 aliphatic heterocycles. The fraction of sp³-hybridized carbons (Fsp3) is 0.400. The second-order valence-corrected chi connectivity index (χ2v) is 8.48. The topological polar surface area (TPSA) is 48.9 Å². The maximum atomic E-state index is 6.28. The molecule has 0 spiro atoms. The van der Waals surface area contributed by atoms with Crippen molar-refractivity contribution in [3.8, 4) is 11.5 Å². The molecule has 0 saturated carbocycles. The van der Waals surface area contributed by atoms with E-state index in [-0.39, 0.29) is 6.04 Å². The lowest BCUT2D eigenvalue weighted by atomic mass is 10.1. The molecule has 0 aliphatic carbocycles. The van der Waals surface area contributed by atoms with Crippen LogP contribution in [0.2, 0.25) is 0 Å². The van der Waals surface area contributed by atoms with Crippen molar-refractivity contribution in [3.05, 3.63) is 95.6 Å². The highest BCUT2D eigenvalue weighted by Gasteiger charge is 2.11. The van der Waals surface area contributed by atoms with Crippen LogP contribution in [0, 0.1) is 0 Å². The zero-order chi connectivity index (χ0) is 25.9. The number of ether oxygens (including phenoxy) is 2. The van der Waals surface area contributed by atoms with E-state index in [1.165, 1.54) is 40.8 Å². The van der Waals surface area contributed by atoms with Crippen LogP contribution in [0.1, 0.15) is 42.5 Å². The third kappa shape index (κ3) is 12.7. The molecule has 2 atom stereocenters. The Labute approximate surface area is 218 Å². The second-order valence-electron chi connectivity index (χ2n) is 8.48. The van der Waals surface area contributed by atoms with Crippen molar-refractivity contribution in [3.63, 3.8) is 0 Å². The summed E-state index contributed by atoms with van der Waals surface area (Å²) in [5.41, 5.74) is 10.2. The van der Waals surface area contributed by atoms with Crippen molar-refractivity contribution in [2.75, 3.05) is 40.7 Å². The smallest absolute Gasteiger partial charge is 0.118 e. The van der Waals surface area contributed by atoms with Gasteiger partial charge >= 0.3 is 0 Å². The molecule has 192 valence electrons. The SMILES string of the molecule is CCCc1ccc(OC)cc1.CCl.COc1ccc(CCC[NH+](C)CC(N)c2ccccc2)cc1.